The molecule has 0 bridgehead atoms. The number of fused-ring (bicyclic) bond motifs is 1. The molecule has 0 aliphatic carbocycles. The zero-order valence-corrected chi connectivity index (χ0v) is 12.4. The van der Waals surface area contributed by atoms with E-state index in [1.165, 1.54) is 6.20 Å². The van der Waals surface area contributed by atoms with Gasteiger partial charge in [0.25, 0.3) is 5.91 Å². The number of amides is 1. The Labute approximate surface area is 137 Å². The molecule has 132 valence electrons. The van der Waals surface area contributed by atoms with E-state index in [2.05, 4.69) is 4.98 Å². The van der Waals surface area contributed by atoms with Crippen molar-refractivity contribution >= 4 is 5.91 Å². The topological polar surface area (TPSA) is 33.2 Å². The van der Waals surface area contributed by atoms with Crippen LogP contribution in [0.15, 0.2) is 36.5 Å². The zero-order chi connectivity index (χ0) is 18.4. The highest BCUT2D eigenvalue weighted by molar-refractivity contribution is 5.95. The third kappa shape index (κ3) is 3.45. The highest BCUT2D eigenvalue weighted by atomic mass is 19.4. The van der Waals surface area contributed by atoms with E-state index in [4.69, 9.17) is 0 Å². The lowest BCUT2D eigenvalue weighted by molar-refractivity contribution is -0.143. The molecule has 1 aliphatic heterocycles. The van der Waals surface area contributed by atoms with Crippen LogP contribution in [0.25, 0.3) is 0 Å². The Hall–Kier alpha value is -2.58. The van der Waals surface area contributed by atoms with Gasteiger partial charge in [-0.3, -0.25) is 9.78 Å². The lowest BCUT2D eigenvalue weighted by Gasteiger charge is -2.18. The van der Waals surface area contributed by atoms with Crippen LogP contribution in [0.1, 0.15) is 32.7 Å². The standard InChI is InChI=1S/C16H10F6N2O/c17-15(18,19)11-4-10(5-12(6-11)16(20,21)22)14(25)24-7-9-2-1-3-23-13(9)8-24/h1-6H,7-8H2. The van der Waals surface area contributed by atoms with Gasteiger partial charge in [-0.2, -0.15) is 26.3 Å². The molecule has 3 nitrogen and oxygen atoms in total. The van der Waals surface area contributed by atoms with Crippen molar-refractivity contribution in [2.75, 3.05) is 0 Å². The van der Waals surface area contributed by atoms with Crippen LogP contribution in [0, 0.1) is 0 Å². The smallest absolute Gasteiger partial charge is 0.328 e. The molecule has 0 fully saturated rings. The minimum Gasteiger partial charge on any atom is -0.328 e. The summed E-state index contributed by atoms with van der Waals surface area (Å²) in [6.45, 7) is 0.117. The number of benzene rings is 1. The van der Waals surface area contributed by atoms with E-state index < -0.39 is 35.0 Å². The molecule has 0 saturated heterocycles. The Balaban J connectivity index is 1.98. The van der Waals surface area contributed by atoms with Gasteiger partial charge in [0.05, 0.1) is 23.4 Å². The minimum atomic E-state index is -4.99. The summed E-state index contributed by atoms with van der Waals surface area (Å²) in [6, 6.07) is 4.21. The van der Waals surface area contributed by atoms with Gasteiger partial charge in [-0.1, -0.05) is 6.07 Å². The summed E-state index contributed by atoms with van der Waals surface area (Å²) in [6.07, 6.45) is -8.49. The van der Waals surface area contributed by atoms with E-state index in [0.29, 0.717) is 23.4 Å². The van der Waals surface area contributed by atoms with Crippen molar-refractivity contribution in [2.45, 2.75) is 25.4 Å². The number of aromatic nitrogens is 1. The SMILES string of the molecule is O=C(c1cc(C(F)(F)F)cc(C(F)(F)F)c1)N1Cc2cccnc2C1. The van der Waals surface area contributed by atoms with Gasteiger partial charge in [0, 0.05) is 18.3 Å². The molecule has 0 atom stereocenters. The maximum atomic E-state index is 12.9. The van der Waals surface area contributed by atoms with Crippen molar-refractivity contribution < 1.29 is 31.1 Å². The third-order valence-corrected chi connectivity index (χ3v) is 3.81. The second-order valence-electron chi connectivity index (χ2n) is 5.56. The lowest BCUT2D eigenvalue weighted by atomic mass is 10.0. The van der Waals surface area contributed by atoms with Crippen molar-refractivity contribution in [3.63, 3.8) is 0 Å². The van der Waals surface area contributed by atoms with E-state index in [9.17, 15) is 31.1 Å². The summed E-state index contributed by atoms with van der Waals surface area (Å²) in [5.74, 6) is -0.908. The predicted molar refractivity (Wildman–Crippen MR) is 74.3 cm³/mol. The van der Waals surface area contributed by atoms with E-state index in [1.807, 2.05) is 0 Å². The molecule has 1 amide bonds. The zero-order valence-electron chi connectivity index (χ0n) is 12.4. The minimum absolute atomic E-state index is 0.00291. The Morgan fingerprint density at radius 2 is 1.56 bits per heavy atom. The molecule has 2 aromatic rings. The number of hydrogen-bond acceptors (Lipinski definition) is 2. The van der Waals surface area contributed by atoms with Crippen molar-refractivity contribution in [3.8, 4) is 0 Å². The molecule has 0 N–H and O–H groups in total. The molecule has 2 heterocycles. The van der Waals surface area contributed by atoms with Crippen LogP contribution in [0.4, 0.5) is 26.3 Å². The molecular formula is C16H10F6N2O. The first kappa shape index (κ1) is 17.2. The van der Waals surface area contributed by atoms with Crippen LogP contribution in [-0.2, 0) is 25.4 Å². The molecule has 1 aliphatic rings. The van der Waals surface area contributed by atoms with Crippen molar-refractivity contribution in [3.05, 3.63) is 64.5 Å². The van der Waals surface area contributed by atoms with E-state index in [-0.39, 0.29) is 19.2 Å². The van der Waals surface area contributed by atoms with Crippen LogP contribution in [-0.4, -0.2) is 15.8 Å². The van der Waals surface area contributed by atoms with E-state index >= 15 is 0 Å². The molecule has 1 aromatic carbocycles. The number of pyridine rings is 1. The normalized spacial score (nSPS) is 14.6. The molecule has 25 heavy (non-hydrogen) atoms. The van der Waals surface area contributed by atoms with Gasteiger partial charge >= 0.3 is 12.4 Å². The Bertz CT molecular complexity index is 771. The largest absolute Gasteiger partial charge is 0.416 e. The van der Waals surface area contributed by atoms with Gasteiger partial charge in [-0.05, 0) is 29.8 Å². The lowest BCUT2D eigenvalue weighted by Crippen LogP contribution is -2.26. The monoisotopic (exact) mass is 360 g/mol. The van der Waals surface area contributed by atoms with Crippen molar-refractivity contribution in [2.24, 2.45) is 0 Å². The number of halogens is 6. The summed E-state index contributed by atoms with van der Waals surface area (Å²) in [5.41, 5.74) is -2.41. The first-order valence-corrected chi connectivity index (χ1v) is 7.07. The van der Waals surface area contributed by atoms with Crippen LogP contribution in [0.2, 0.25) is 0 Å². The number of hydrogen-bond donors (Lipinski definition) is 0. The van der Waals surface area contributed by atoms with Crippen LogP contribution in [0.5, 0.6) is 0 Å². The first-order valence-electron chi connectivity index (χ1n) is 7.07. The molecule has 0 spiro atoms. The Morgan fingerprint density at radius 1 is 0.960 bits per heavy atom. The quantitative estimate of drug-likeness (QED) is 0.712. The van der Waals surface area contributed by atoms with Gasteiger partial charge in [0.2, 0.25) is 0 Å². The fourth-order valence-corrected chi connectivity index (χ4v) is 2.60. The third-order valence-electron chi connectivity index (χ3n) is 3.81. The molecule has 1 aromatic heterocycles. The molecular weight excluding hydrogens is 350 g/mol. The summed E-state index contributed by atoms with van der Waals surface area (Å²) >= 11 is 0. The van der Waals surface area contributed by atoms with Crippen LogP contribution < -0.4 is 0 Å². The van der Waals surface area contributed by atoms with Crippen molar-refractivity contribution in [1.82, 2.24) is 9.88 Å². The van der Waals surface area contributed by atoms with E-state index in [1.54, 1.807) is 12.1 Å². The first-order chi connectivity index (χ1) is 11.6. The molecule has 0 unspecified atom stereocenters. The second kappa shape index (κ2) is 5.75. The Kier molecular flexibility index (Phi) is 3.97. The molecule has 0 radical (unpaired) electrons. The summed E-state index contributed by atoms with van der Waals surface area (Å²) in [4.78, 5) is 17.6. The summed E-state index contributed by atoms with van der Waals surface area (Å²) < 4.78 is 77.3. The highest BCUT2D eigenvalue weighted by Crippen LogP contribution is 2.37. The van der Waals surface area contributed by atoms with Gasteiger partial charge < -0.3 is 4.90 Å². The van der Waals surface area contributed by atoms with Gasteiger partial charge in [-0.15, -0.1) is 0 Å². The molecule has 3 rings (SSSR count). The number of carbonyl (C=O) groups excluding carboxylic acids is 1. The number of carbonyl (C=O) groups is 1. The maximum absolute atomic E-state index is 12.9. The fourth-order valence-electron chi connectivity index (χ4n) is 2.60. The predicted octanol–water partition coefficient (Wildman–Crippen LogP) is 4.28. The fraction of sp³-hybridized carbons (Fsp3) is 0.250. The van der Waals surface area contributed by atoms with Gasteiger partial charge in [0.1, 0.15) is 0 Å². The van der Waals surface area contributed by atoms with Crippen LogP contribution in [0.3, 0.4) is 0 Å². The van der Waals surface area contributed by atoms with Crippen LogP contribution >= 0.6 is 0 Å². The van der Waals surface area contributed by atoms with Gasteiger partial charge in [-0.25, -0.2) is 0 Å². The second-order valence-corrected chi connectivity index (χ2v) is 5.56. The Morgan fingerprint density at radius 3 is 2.08 bits per heavy atom. The number of alkyl halides is 6. The molecule has 9 heteroatoms. The highest BCUT2D eigenvalue weighted by Gasteiger charge is 2.38. The summed E-state index contributed by atoms with van der Waals surface area (Å²) in [5, 5.41) is 0. The maximum Gasteiger partial charge on any atom is 0.416 e. The van der Waals surface area contributed by atoms with E-state index in [0.717, 1.165) is 4.90 Å². The number of rotatable bonds is 1. The average molecular weight is 360 g/mol. The van der Waals surface area contributed by atoms with Crippen molar-refractivity contribution in [1.29, 1.82) is 0 Å². The molecule has 0 saturated carbocycles. The average Bonchev–Trinajstić information content (AvgIpc) is 2.96. The summed E-state index contributed by atoms with van der Waals surface area (Å²) in [7, 11) is 0. The van der Waals surface area contributed by atoms with Gasteiger partial charge in [0.15, 0.2) is 0 Å². The number of nitrogens with zero attached hydrogens (tertiary/aromatic N) is 2.